The predicted octanol–water partition coefficient (Wildman–Crippen LogP) is 2.76. The van der Waals surface area contributed by atoms with Gasteiger partial charge in [-0.3, -0.25) is 0 Å². The fourth-order valence-corrected chi connectivity index (χ4v) is 1.65. The molecule has 2 aromatic rings. The second kappa shape index (κ2) is 5.01. The molecule has 0 aliphatic carbocycles. The Balaban J connectivity index is 2.37. The molecule has 1 heterocycles. The van der Waals surface area contributed by atoms with E-state index in [1.165, 1.54) is 0 Å². The van der Waals surface area contributed by atoms with Crippen molar-refractivity contribution < 1.29 is 9.26 Å². The van der Waals surface area contributed by atoms with Gasteiger partial charge in [0.25, 0.3) is 0 Å². The number of para-hydroxylation sites is 1. The highest BCUT2D eigenvalue weighted by Crippen LogP contribution is 2.30. The average Bonchev–Trinajstić information content (AvgIpc) is 2.87. The SMILES string of the molecule is CCC(N)c1cc(-c2ccccc2OC)no1. The van der Waals surface area contributed by atoms with Gasteiger partial charge in [0.2, 0.25) is 0 Å². The Morgan fingerprint density at radius 3 is 2.88 bits per heavy atom. The highest BCUT2D eigenvalue weighted by Gasteiger charge is 2.14. The Labute approximate surface area is 100 Å². The Morgan fingerprint density at radius 1 is 1.41 bits per heavy atom. The minimum Gasteiger partial charge on any atom is -0.496 e. The van der Waals surface area contributed by atoms with Gasteiger partial charge in [-0.25, -0.2) is 0 Å². The van der Waals surface area contributed by atoms with Crippen LogP contribution in [0.1, 0.15) is 25.1 Å². The van der Waals surface area contributed by atoms with Gasteiger partial charge in [0.05, 0.1) is 13.2 Å². The van der Waals surface area contributed by atoms with E-state index in [-0.39, 0.29) is 6.04 Å². The van der Waals surface area contributed by atoms with E-state index in [1.807, 2.05) is 37.3 Å². The molecule has 1 aromatic carbocycles. The summed E-state index contributed by atoms with van der Waals surface area (Å²) in [5.41, 5.74) is 7.55. The first-order valence-electron chi connectivity index (χ1n) is 5.61. The van der Waals surface area contributed by atoms with Crippen LogP contribution < -0.4 is 10.5 Å². The summed E-state index contributed by atoms with van der Waals surface area (Å²) in [5.74, 6) is 1.48. The minimum atomic E-state index is -0.106. The van der Waals surface area contributed by atoms with Crippen molar-refractivity contribution in [3.63, 3.8) is 0 Å². The van der Waals surface area contributed by atoms with E-state index in [9.17, 15) is 0 Å². The van der Waals surface area contributed by atoms with Crippen molar-refractivity contribution in [1.29, 1.82) is 0 Å². The molecule has 0 saturated carbocycles. The smallest absolute Gasteiger partial charge is 0.154 e. The van der Waals surface area contributed by atoms with Crippen LogP contribution in [0.3, 0.4) is 0 Å². The summed E-state index contributed by atoms with van der Waals surface area (Å²) in [5, 5.41) is 4.03. The zero-order valence-corrected chi connectivity index (χ0v) is 10.0. The molecule has 2 N–H and O–H groups in total. The van der Waals surface area contributed by atoms with E-state index in [1.54, 1.807) is 7.11 Å². The van der Waals surface area contributed by atoms with Crippen LogP contribution in [0.25, 0.3) is 11.3 Å². The molecular weight excluding hydrogens is 216 g/mol. The maximum atomic E-state index is 5.89. The first-order chi connectivity index (χ1) is 8.26. The number of rotatable bonds is 4. The normalized spacial score (nSPS) is 12.4. The molecule has 0 fully saturated rings. The van der Waals surface area contributed by atoms with Crippen LogP contribution in [0.2, 0.25) is 0 Å². The third-order valence-corrected chi connectivity index (χ3v) is 2.72. The fraction of sp³-hybridized carbons (Fsp3) is 0.308. The molecule has 1 aromatic heterocycles. The summed E-state index contributed by atoms with van der Waals surface area (Å²) in [6, 6.07) is 9.45. The van der Waals surface area contributed by atoms with Gasteiger partial charge in [0.1, 0.15) is 11.4 Å². The Kier molecular flexibility index (Phi) is 3.44. The van der Waals surface area contributed by atoms with Gasteiger partial charge in [-0.15, -0.1) is 0 Å². The molecule has 0 aliphatic heterocycles. The van der Waals surface area contributed by atoms with Crippen LogP contribution in [0.4, 0.5) is 0 Å². The van der Waals surface area contributed by atoms with Crippen LogP contribution in [-0.4, -0.2) is 12.3 Å². The molecule has 4 heteroatoms. The van der Waals surface area contributed by atoms with Crippen molar-refractivity contribution in [2.24, 2.45) is 5.73 Å². The first kappa shape index (κ1) is 11.7. The molecular formula is C13H16N2O2. The number of ether oxygens (including phenoxy) is 1. The van der Waals surface area contributed by atoms with Gasteiger partial charge in [-0.1, -0.05) is 24.2 Å². The molecule has 0 spiro atoms. The lowest BCUT2D eigenvalue weighted by molar-refractivity contribution is 0.360. The number of hydrogen-bond donors (Lipinski definition) is 1. The molecule has 0 radical (unpaired) electrons. The zero-order chi connectivity index (χ0) is 12.3. The van der Waals surface area contributed by atoms with Gasteiger partial charge in [-0.05, 0) is 18.6 Å². The number of aromatic nitrogens is 1. The van der Waals surface area contributed by atoms with Crippen molar-refractivity contribution in [3.05, 3.63) is 36.1 Å². The molecule has 17 heavy (non-hydrogen) atoms. The van der Waals surface area contributed by atoms with Crippen LogP contribution in [0.5, 0.6) is 5.75 Å². The minimum absolute atomic E-state index is 0.106. The lowest BCUT2D eigenvalue weighted by Crippen LogP contribution is -2.06. The third-order valence-electron chi connectivity index (χ3n) is 2.72. The lowest BCUT2D eigenvalue weighted by Gasteiger charge is -2.04. The molecule has 0 bridgehead atoms. The highest BCUT2D eigenvalue weighted by molar-refractivity contribution is 5.66. The lowest BCUT2D eigenvalue weighted by atomic mass is 10.1. The van der Waals surface area contributed by atoms with Gasteiger partial charge < -0.3 is 15.0 Å². The summed E-state index contributed by atoms with van der Waals surface area (Å²) < 4.78 is 10.5. The average molecular weight is 232 g/mol. The van der Waals surface area contributed by atoms with Gasteiger partial charge >= 0.3 is 0 Å². The number of benzene rings is 1. The van der Waals surface area contributed by atoms with Crippen LogP contribution in [-0.2, 0) is 0 Å². The fourth-order valence-electron chi connectivity index (χ4n) is 1.65. The number of nitrogens with two attached hydrogens (primary N) is 1. The molecule has 1 unspecified atom stereocenters. The number of methoxy groups -OCH3 is 1. The molecule has 90 valence electrons. The van der Waals surface area contributed by atoms with E-state index in [0.29, 0.717) is 5.76 Å². The van der Waals surface area contributed by atoms with E-state index in [2.05, 4.69) is 5.16 Å². The van der Waals surface area contributed by atoms with E-state index < -0.39 is 0 Å². The molecule has 2 rings (SSSR count). The summed E-state index contributed by atoms with van der Waals surface area (Å²) in [6.07, 6.45) is 0.820. The quantitative estimate of drug-likeness (QED) is 0.880. The Bertz CT molecular complexity index is 494. The van der Waals surface area contributed by atoms with Crippen LogP contribution >= 0.6 is 0 Å². The summed E-state index contributed by atoms with van der Waals surface area (Å²) >= 11 is 0. The predicted molar refractivity (Wildman–Crippen MR) is 65.7 cm³/mol. The van der Waals surface area contributed by atoms with Gasteiger partial charge in [0, 0.05) is 11.6 Å². The van der Waals surface area contributed by atoms with Crippen molar-refractivity contribution in [2.75, 3.05) is 7.11 Å². The van der Waals surface area contributed by atoms with Crippen molar-refractivity contribution >= 4 is 0 Å². The van der Waals surface area contributed by atoms with E-state index in [0.717, 1.165) is 23.4 Å². The van der Waals surface area contributed by atoms with Gasteiger partial charge in [0.15, 0.2) is 5.76 Å². The van der Waals surface area contributed by atoms with Gasteiger partial charge in [-0.2, -0.15) is 0 Å². The molecule has 0 amide bonds. The second-order valence-corrected chi connectivity index (χ2v) is 3.83. The summed E-state index contributed by atoms with van der Waals surface area (Å²) in [7, 11) is 1.64. The van der Waals surface area contributed by atoms with Crippen molar-refractivity contribution in [1.82, 2.24) is 5.16 Å². The van der Waals surface area contributed by atoms with Crippen LogP contribution in [0, 0.1) is 0 Å². The summed E-state index contributed by atoms with van der Waals surface area (Å²) in [4.78, 5) is 0. The van der Waals surface area contributed by atoms with E-state index in [4.69, 9.17) is 15.0 Å². The maximum Gasteiger partial charge on any atom is 0.154 e. The van der Waals surface area contributed by atoms with E-state index >= 15 is 0 Å². The van der Waals surface area contributed by atoms with Crippen LogP contribution in [0.15, 0.2) is 34.9 Å². The van der Waals surface area contributed by atoms with Crippen molar-refractivity contribution in [2.45, 2.75) is 19.4 Å². The van der Waals surface area contributed by atoms with Crippen molar-refractivity contribution in [3.8, 4) is 17.0 Å². The standard InChI is InChI=1S/C13H16N2O2/c1-3-10(14)13-8-11(15-17-13)9-6-4-5-7-12(9)16-2/h4-8,10H,3,14H2,1-2H3. The maximum absolute atomic E-state index is 5.89. The molecule has 4 nitrogen and oxygen atoms in total. The third kappa shape index (κ3) is 2.31. The first-order valence-corrected chi connectivity index (χ1v) is 5.61. The highest BCUT2D eigenvalue weighted by atomic mass is 16.5. The number of nitrogens with zero attached hydrogens (tertiary/aromatic N) is 1. The summed E-state index contributed by atoms with van der Waals surface area (Å²) in [6.45, 7) is 2.01. The second-order valence-electron chi connectivity index (χ2n) is 3.83. The Hall–Kier alpha value is -1.81. The zero-order valence-electron chi connectivity index (χ0n) is 10.0. The molecule has 1 atom stereocenters. The largest absolute Gasteiger partial charge is 0.496 e. The topological polar surface area (TPSA) is 61.3 Å². The monoisotopic (exact) mass is 232 g/mol. The molecule has 0 saturated heterocycles. The number of hydrogen-bond acceptors (Lipinski definition) is 4. The Morgan fingerprint density at radius 2 is 2.18 bits per heavy atom. The molecule has 0 aliphatic rings.